The van der Waals surface area contributed by atoms with Crippen LogP contribution in [0.1, 0.15) is 6.92 Å². The van der Waals surface area contributed by atoms with Crippen molar-refractivity contribution in [1.29, 1.82) is 0 Å². The summed E-state index contributed by atoms with van der Waals surface area (Å²) in [6, 6.07) is 24.0. The van der Waals surface area contributed by atoms with Crippen LogP contribution in [0.2, 0.25) is 0 Å². The van der Waals surface area contributed by atoms with Crippen molar-refractivity contribution in [3.63, 3.8) is 0 Å². The van der Waals surface area contributed by atoms with Crippen LogP contribution in [0.25, 0.3) is 0 Å². The van der Waals surface area contributed by atoms with Crippen molar-refractivity contribution in [2.45, 2.75) is 6.92 Å². The van der Waals surface area contributed by atoms with Gasteiger partial charge in [0.15, 0.2) is 0 Å². The molecule has 2 aromatic carbocycles. The maximum Gasteiger partial charge on any atom is 0.0402 e. The lowest BCUT2D eigenvalue weighted by atomic mass is 10.4. The van der Waals surface area contributed by atoms with Crippen LogP contribution in [-0.2, 0) is 0 Å². The molecule has 0 unspecified atom stereocenters. The standard InChI is InChI=1S/2C6H6.C2H6O.H2O/c2*1-2-4-6-5-3-1;1-2-3;/h2*1-6H;3H,2H2,1H3;1H2. The lowest BCUT2D eigenvalue weighted by molar-refractivity contribution is 0.318. The summed E-state index contributed by atoms with van der Waals surface area (Å²) < 4.78 is 0. The molecule has 2 rings (SSSR count). The van der Waals surface area contributed by atoms with E-state index in [1.54, 1.807) is 6.92 Å². The number of aliphatic hydroxyl groups excluding tert-OH is 1. The van der Waals surface area contributed by atoms with E-state index in [0.717, 1.165) is 0 Å². The fourth-order valence-corrected chi connectivity index (χ4v) is 0.770. The minimum atomic E-state index is 0. The van der Waals surface area contributed by atoms with Crippen LogP contribution in [0.4, 0.5) is 0 Å². The molecule has 0 aliphatic rings. The van der Waals surface area contributed by atoms with E-state index in [1.165, 1.54) is 0 Å². The third-order valence-electron chi connectivity index (χ3n) is 1.33. The molecule has 0 saturated carbocycles. The molecule has 0 aliphatic carbocycles. The van der Waals surface area contributed by atoms with Gasteiger partial charge in [-0.2, -0.15) is 0 Å². The highest BCUT2D eigenvalue weighted by atomic mass is 16.2. The second kappa shape index (κ2) is 15.8. The normalized spacial score (nSPS) is 7.12. The molecule has 2 nitrogen and oxygen atoms in total. The molecule has 0 saturated heterocycles. The summed E-state index contributed by atoms with van der Waals surface area (Å²) >= 11 is 0. The quantitative estimate of drug-likeness (QED) is 0.728. The predicted octanol–water partition coefficient (Wildman–Crippen LogP) is 2.55. The maximum atomic E-state index is 7.57. The van der Waals surface area contributed by atoms with Crippen molar-refractivity contribution in [3.8, 4) is 0 Å². The Bertz CT molecular complexity index is 197. The molecule has 0 amide bonds. The van der Waals surface area contributed by atoms with Crippen LogP contribution in [0.15, 0.2) is 72.8 Å². The predicted molar refractivity (Wildman–Crippen MR) is 69.3 cm³/mol. The van der Waals surface area contributed by atoms with E-state index in [1.807, 2.05) is 72.8 Å². The third kappa shape index (κ3) is 14.9. The van der Waals surface area contributed by atoms with E-state index < -0.39 is 0 Å². The lowest BCUT2D eigenvalue weighted by Crippen LogP contribution is -1.57. The lowest BCUT2D eigenvalue weighted by Gasteiger charge is -1.69. The summed E-state index contributed by atoms with van der Waals surface area (Å²) in [5, 5.41) is 7.57. The Balaban J connectivity index is 0. The molecule has 88 valence electrons. The molecular weight excluding hydrogens is 200 g/mol. The molecule has 16 heavy (non-hydrogen) atoms. The second-order valence-electron chi connectivity index (χ2n) is 2.63. The number of benzene rings is 2. The first-order valence-corrected chi connectivity index (χ1v) is 5.02. The number of rotatable bonds is 0. The van der Waals surface area contributed by atoms with Crippen LogP contribution in [0.5, 0.6) is 0 Å². The van der Waals surface area contributed by atoms with Gasteiger partial charge in [-0.25, -0.2) is 0 Å². The first kappa shape index (κ1) is 16.8. The van der Waals surface area contributed by atoms with Gasteiger partial charge in [0.2, 0.25) is 0 Å². The van der Waals surface area contributed by atoms with Gasteiger partial charge in [0.1, 0.15) is 0 Å². The first-order chi connectivity index (χ1) is 7.41. The van der Waals surface area contributed by atoms with E-state index in [2.05, 4.69) is 0 Å². The van der Waals surface area contributed by atoms with Gasteiger partial charge in [-0.1, -0.05) is 72.8 Å². The summed E-state index contributed by atoms with van der Waals surface area (Å²) in [5.41, 5.74) is 0. The number of hydrogen-bond donors (Lipinski definition) is 1. The minimum Gasteiger partial charge on any atom is -0.412 e. The summed E-state index contributed by atoms with van der Waals surface area (Å²) in [7, 11) is 0. The molecule has 0 radical (unpaired) electrons. The van der Waals surface area contributed by atoms with E-state index in [9.17, 15) is 0 Å². The zero-order valence-corrected chi connectivity index (χ0v) is 9.58. The molecule has 0 aromatic heterocycles. The fraction of sp³-hybridized carbons (Fsp3) is 0.143. The van der Waals surface area contributed by atoms with Gasteiger partial charge in [0, 0.05) is 6.61 Å². The maximum absolute atomic E-state index is 7.57. The number of aliphatic hydroxyl groups is 1. The topological polar surface area (TPSA) is 51.7 Å². The van der Waals surface area contributed by atoms with Gasteiger partial charge in [-0.15, -0.1) is 0 Å². The van der Waals surface area contributed by atoms with Crippen molar-refractivity contribution in [2.75, 3.05) is 6.61 Å². The zero-order chi connectivity index (χ0) is 11.2. The third-order valence-corrected chi connectivity index (χ3v) is 1.33. The van der Waals surface area contributed by atoms with Crippen molar-refractivity contribution in [3.05, 3.63) is 72.8 Å². The zero-order valence-electron chi connectivity index (χ0n) is 9.58. The largest absolute Gasteiger partial charge is 0.412 e. The Kier molecular flexibility index (Phi) is 16.6. The molecule has 2 aromatic rings. The average Bonchev–Trinajstić information content (AvgIpc) is 2.35. The van der Waals surface area contributed by atoms with Gasteiger partial charge in [-0.05, 0) is 6.92 Å². The van der Waals surface area contributed by atoms with E-state index in [0.29, 0.717) is 0 Å². The SMILES string of the molecule is CCO.O.c1ccccc1.c1ccccc1. The van der Waals surface area contributed by atoms with Crippen molar-refractivity contribution in [1.82, 2.24) is 0 Å². The summed E-state index contributed by atoms with van der Waals surface area (Å²) in [4.78, 5) is 0. The molecule has 2 heteroatoms. The van der Waals surface area contributed by atoms with Gasteiger partial charge >= 0.3 is 0 Å². The van der Waals surface area contributed by atoms with Gasteiger partial charge in [-0.3, -0.25) is 0 Å². The smallest absolute Gasteiger partial charge is 0.0402 e. The molecule has 0 bridgehead atoms. The Morgan fingerprint density at radius 2 is 0.625 bits per heavy atom. The monoisotopic (exact) mass is 220 g/mol. The van der Waals surface area contributed by atoms with Crippen LogP contribution < -0.4 is 0 Å². The van der Waals surface area contributed by atoms with Gasteiger partial charge in [0.05, 0.1) is 0 Å². The summed E-state index contributed by atoms with van der Waals surface area (Å²) in [6.45, 7) is 1.93. The first-order valence-electron chi connectivity index (χ1n) is 5.02. The second-order valence-corrected chi connectivity index (χ2v) is 2.63. The van der Waals surface area contributed by atoms with Crippen molar-refractivity contribution < 1.29 is 10.6 Å². The Labute approximate surface area is 97.5 Å². The molecule has 3 N–H and O–H groups in total. The highest BCUT2D eigenvalue weighted by Crippen LogP contribution is 1.80. The molecule has 0 atom stereocenters. The summed E-state index contributed by atoms with van der Waals surface area (Å²) in [5.74, 6) is 0. The van der Waals surface area contributed by atoms with Crippen LogP contribution in [0.3, 0.4) is 0 Å². The van der Waals surface area contributed by atoms with Crippen LogP contribution in [-0.4, -0.2) is 17.2 Å². The molecule has 0 aliphatic heterocycles. The molecular formula is C14H20O2. The van der Waals surface area contributed by atoms with Crippen molar-refractivity contribution in [2.24, 2.45) is 0 Å². The van der Waals surface area contributed by atoms with Gasteiger partial charge in [0.25, 0.3) is 0 Å². The van der Waals surface area contributed by atoms with E-state index in [-0.39, 0.29) is 12.1 Å². The minimum absolute atomic E-state index is 0. The molecule has 0 spiro atoms. The van der Waals surface area contributed by atoms with Crippen LogP contribution >= 0.6 is 0 Å². The average molecular weight is 220 g/mol. The van der Waals surface area contributed by atoms with E-state index >= 15 is 0 Å². The van der Waals surface area contributed by atoms with Crippen molar-refractivity contribution >= 4 is 0 Å². The van der Waals surface area contributed by atoms with Gasteiger partial charge < -0.3 is 10.6 Å². The van der Waals surface area contributed by atoms with Crippen LogP contribution in [0, 0.1) is 0 Å². The highest BCUT2D eigenvalue weighted by molar-refractivity contribution is 4.99. The Morgan fingerprint density at radius 1 is 0.562 bits per heavy atom. The fourth-order valence-electron chi connectivity index (χ4n) is 0.770. The Morgan fingerprint density at radius 3 is 0.688 bits per heavy atom. The van der Waals surface area contributed by atoms with E-state index in [4.69, 9.17) is 5.11 Å². The number of hydrogen-bond acceptors (Lipinski definition) is 1. The highest BCUT2D eigenvalue weighted by Gasteiger charge is 1.58. The molecule has 0 fully saturated rings. The Hall–Kier alpha value is -1.64. The summed E-state index contributed by atoms with van der Waals surface area (Å²) in [6.07, 6.45) is 0. The molecule has 0 heterocycles.